The van der Waals surface area contributed by atoms with Crippen LogP contribution < -0.4 is 0 Å². The zero-order chi connectivity index (χ0) is 12.1. The first kappa shape index (κ1) is 12.5. The molecule has 0 aromatic rings. The van der Waals surface area contributed by atoms with Crippen LogP contribution in [0.3, 0.4) is 0 Å². The minimum Gasteiger partial charge on any atom is -0.0984 e. The van der Waals surface area contributed by atoms with Crippen molar-refractivity contribution in [3.05, 3.63) is 71.9 Å². The minimum atomic E-state index is 0.424. The first-order valence-corrected chi connectivity index (χ1v) is 5.70. The number of rotatable bonds is 4. The van der Waals surface area contributed by atoms with Gasteiger partial charge in [0.15, 0.2) is 0 Å². The Kier molecular flexibility index (Phi) is 4.30. The molecule has 1 aliphatic rings. The molecule has 0 bridgehead atoms. The van der Waals surface area contributed by atoms with Gasteiger partial charge in [-0.25, -0.2) is 0 Å². The third kappa shape index (κ3) is 2.01. The van der Waals surface area contributed by atoms with E-state index in [0.717, 1.165) is 0 Å². The van der Waals surface area contributed by atoms with Crippen LogP contribution in [-0.2, 0) is 0 Å². The predicted molar refractivity (Wildman–Crippen MR) is 73.2 cm³/mol. The molecule has 0 heteroatoms. The topological polar surface area (TPSA) is 0 Å². The maximum absolute atomic E-state index is 3.90. The predicted octanol–water partition coefficient (Wildman–Crippen LogP) is 4.75. The molecule has 0 aromatic heterocycles. The summed E-state index contributed by atoms with van der Waals surface area (Å²) in [5.74, 6) is 0.424. The summed E-state index contributed by atoms with van der Waals surface area (Å²) in [4.78, 5) is 0. The first-order chi connectivity index (χ1) is 7.71. The van der Waals surface area contributed by atoms with Crippen LogP contribution in [0.25, 0.3) is 0 Å². The van der Waals surface area contributed by atoms with Gasteiger partial charge in [-0.15, -0.1) is 0 Å². The van der Waals surface area contributed by atoms with Crippen molar-refractivity contribution >= 4 is 0 Å². The summed E-state index contributed by atoms with van der Waals surface area (Å²) >= 11 is 0. The van der Waals surface area contributed by atoms with E-state index in [2.05, 4.69) is 44.4 Å². The summed E-state index contributed by atoms with van der Waals surface area (Å²) in [5, 5.41) is 0. The average molecular weight is 212 g/mol. The van der Waals surface area contributed by atoms with E-state index in [4.69, 9.17) is 0 Å². The van der Waals surface area contributed by atoms with Gasteiger partial charge in [-0.2, -0.15) is 0 Å². The molecule has 0 saturated heterocycles. The second kappa shape index (κ2) is 5.50. The van der Waals surface area contributed by atoms with Crippen molar-refractivity contribution < 1.29 is 0 Å². The van der Waals surface area contributed by atoms with E-state index in [1.54, 1.807) is 0 Å². The van der Waals surface area contributed by atoms with E-state index in [0.29, 0.717) is 5.92 Å². The first-order valence-electron chi connectivity index (χ1n) is 5.70. The number of allylic oxidation sites excluding steroid dienone is 10. The molecular weight excluding hydrogens is 192 g/mol. The summed E-state index contributed by atoms with van der Waals surface area (Å²) in [5.41, 5.74) is 5.10. The molecule has 0 spiro atoms. The van der Waals surface area contributed by atoms with Gasteiger partial charge in [-0.05, 0) is 36.1 Å². The second-order valence-electron chi connectivity index (χ2n) is 3.87. The van der Waals surface area contributed by atoms with Crippen LogP contribution in [0.5, 0.6) is 0 Å². The smallest absolute Gasteiger partial charge is 0.00730 e. The zero-order valence-electron chi connectivity index (χ0n) is 10.5. The molecule has 0 radical (unpaired) electrons. The molecule has 0 N–H and O–H groups in total. The van der Waals surface area contributed by atoms with Crippen LogP contribution in [0.2, 0.25) is 0 Å². The van der Waals surface area contributed by atoms with Gasteiger partial charge < -0.3 is 0 Å². The molecule has 0 unspecified atom stereocenters. The molecule has 84 valence electrons. The largest absolute Gasteiger partial charge is 0.0984 e. The Labute approximate surface area is 99.1 Å². The summed E-state index contributed by atoms with van der Waals surface area (Å²) in [6.45, 7) is 14.1. The third-order valence-electron chi connectivity index (χ3n) is 2.95. The minimum absolute atomic E-state index is 0.424. The van der Waals surface area contributed by atoms with E-state index >= 15 is 0 Å². The Hall–Kier alpha value is -1.56. The van der Waals surface area contributed by atoms with Gasteiger partial charge in [0.1, 0.15) is 0 Å². The molecule has 0 amide bonds. The van der Waals surface area contributed by atoms with Crippen LogP contribution in [-0.4, -0.2) is 0 Å². The molecule has 0 atom stereocenters. The van der Waals surface area contributed by atoms with Crippen molar-refractivity contribution in [3.63, 3.8) is 0 Å². The van der Waals surface area contributed by atoms with E-state index in [9.17, 15) is 0 Å². The molecule has 16 heavy (non-hydrogen) atoms. The lowest BCUT2D eigenvalue weighted by Crippen LogP contribution is -1.95. The molecular formula is C16H20. The van der Waals surface area contributed by atoms with E-state index < -0.39 is 0 Å². The average Bonchev–Trinajstić information content (AvgIpc) is 2.54. The van der Waals surface area contributed by atoms with Crippen molar-refractivity contribution in [2.45, 2.75) is 20.8 Å². The Balaban J connectivity index is 3.37. The van der Waals surface area contributed by atoms with Gasteiger partial charge in [0.05, 0.1) is 0 Å². The van der Waals surface area contributed by atoms with Gasteiger partial charge >= 0.3 is 0 Å². The highest BCUT2D eigenvalue weighted by Crippen LogP contribution is 2.39. The number of hydrogen-bond donors (Lipinski definition) is 0. The molecule has 0 aliphatic heterocycles. The van der Waals surface area contributed by atoms with Crippen molar-refractivity contribution in [3.8, 4) is 0 Å². The van der Waals surface area contributed by atoms with Crippen LogP contribution in [0, 0.1) is 5.92 Å². The third-order valence-corrected chi connectivity index (χ3v) is 2.95. The van der Waals surface area contributed by atoms with Crippen molar-refractivity contribution in [1.82, 2.24) is 0 Å². The Morgan fingerprint density at radius 3 is 1.50 bits per heavy atom. The van der Waals surface area contributed by atoms with Crippen molar-refractivity contribution in [2.75, 3.05) is 0 Å². The van der Waals surface area contributed by atoms with Crippen LogP contribution in [0.15, 0.2) is 71.9 Å². The van der Waals surface area contributed by atoms with Crippen molar-refractivity contribution in [1.29, 1.82) is 0 Å². The Bertz CT molecular complexity index is 371. The van der Waals surface area contributed by atoms with E-state index in [1.165, 1.54) is 22.3 Å². The van der Waals surface area contributed by atoms with Crippen LogP contribution >= 0.6 is 0 Å². The normalized spacial score (nSPS) is 18.2. The highest BCUT2D eigenvalue weighted by Gasteiger charge is 2.24. The highest BCUT2D eigenvalue weighted by atomic mass is 14.3. The monoisotopic (exact) mass is 212 g/mol. The van der Waals surface area contributed by atoms with E-state index in [1.807, 2.05) is 26.0 Å². The lowest BCUT2D eigenvalue weighted by Gasteiger charge is -2.08. The van der Waals surface area contributed by atoms with Crippen molar-refractivity contribution in [2.24, 2.45) is 5.92 Å². The summed E-state index contributed by atoms with van der Waals surface area (Å²) in [7, 11) is 0. The molecule has 0 nitrogen and oxygen atoms in total. The second-order valence-corrected chi connectivity index (χ2v) is 3.87. The fourth-order valence-electron chi connectivity index (χ4n) is 2.23. The fourth-order valence-corrected chi connectivity index (χ4v) is 2.23. The molecule has 1 rings (SSSR count). The summed E-state index contributed by atoms with van der Waals surface area (Å²) in [6, 6.07) is 0. The van der Waals surface area contributed by atoms with E-state index in [-0.39, 0.29) is 0 Å². The maximum atomic E-state index is 3.90. The lowest BCUT2D eigenvalue weighted by molar-refractivity contribution is 0.863. The highest BCUT2D eigenvalue weighted by molar-refractivity contribution is 5.63. The van der Waals surface area contributed by atoms with Gasteiger partial charge in [-0.3, -0.25) is 0 Å². The van der Waals surface area contributed by atoms with Gasteiger partial charge in [0.25, 0.3) is 0 Å². The Morgan fingerprint density at radius 1 is 0.875 bits per heavy atom. The lowest BCUT2D eigenvalue weighted by atomic mass is 9.96. The van der Waals surface area contributed by atoms with Gasteiger partial charge in [0.2, 0.25) is 0 Å². The van der Waals surface area contributed by atoms with Crippen LogP contribution in [0.4, 0.5) is 0 Å². The fraction of sp³-hybridized carbons (Fsp3) is 0.250. The Morgan fingerprint density at radius 2 is 1.25 bits per heavy atom. The van der Waals surface area contributed by atoms with Gasteiger partial charge in [0, 0.05) is 5.92 Å². The molecule has 0 heterocycles. The molecule has 0 aromatic carbocycles. The van der Waals surface area contributed by atoms with Crippen LogP contribution in [0.1, 0.15) is 20.8 Å². The zero-order valence-corrected chi connectivity index (χ0v) is 10.5. The number of hydrogen-bond acceptors (Lipinski definition) is 0. The summed E-state index contributed by atoms with van der Waals surface area (Å²) in [6.07, 6.45) is 12.4. The maximum Gasteiger partial charge on any atom is 0.00730 e. The molecule has 0 saturated carbocycles. The molecule has 1 aliphatic carbocycles. The van der Waals surface area contributed by atoms with Gasteiger partial charge in [-0.1, -0.05) is 56.5 Å². The SMILES string of the molecule is C=CC1=C(/C=C\C)C(C)C(/C=C\C)=C1C=C. The standard InChI is InChI=1S/C16H20/c1-6-10-15-12(5)16(11-7-2)14(9-4)13(15)8-3/h6-12H,3-4H2,1-2,5H3/b10-6-,11-7-. The molecule has 0 fully saturated rings. The summed E-state index contributed by atoms with van der Waals surface area (Å²) < 4.78 is 0. The quantitative estimate of drug-likeness (QED) is 0.630.